The third-order valence-electron chi connectivity index (χ3n) is 1.73. The molecule has 64 valence electrons. The van der Waals surface area contributed by atoms with Crippen LogP contribution in [0.1, 0.15) is 6.92 Å². The Kier molecular flexibility index (Phi) is 2.84. The minimum Gasteiger partial charge on any atom is -0.374 e. The minimum atomic E-state index is -0.193. The minimum absolute atomic E-state index is 0.000463. The van der Waals surface area contributed by atoms with Gasteiger partial charge in [-0.25, -0.2) is 0 Å². The Bertz CT molecular complexity index is 143. The van der Waals surface area contributed by atoms with Crippen LogP contribution in [0, 0.1) is 0 Å². The number of hydrogen-bond donors (Lipinski definition) is 0. The highest BCUT2D eigenvalue weighted by atomic mass is 16.6. The van der Waals surface area contributed by atoms with E-state index in [9.17, 15) is 4.79 Å². The summed E-state index contributed by atoms with van der Waals surface area (Å²) < 4.78 is 10.4. The molecule has 0 saturated carbocycles. The van der Waals surface area contributed by atoms with Crippen LogP contribution in [0.5, 0.6) is 0 Å². The normalized spacial score (nSPS) is 24.7. The fourth-order valence-electron chi connectivity index (χ4n) is 0.902. The first-order valence-electron chi connectivity index (χ1n) is 3.64. The molecule has 0 N–H and O–H groups in total. The molecule has 1 fully saturated rings. The highest BCUT2D eigenvalue weighted by molar-refractivity contribution is 5.73. The van der Waals surface area contributed by atoms with E-state index in [0.717, 1.165) is 0 Å². The Hall–Kier alpha value is -0.610. The zero-order valence-electron chi connectivity index (χ0n) is 6.87. The molecule has 0 radical (unpaired) electrons. The summed E-state index contributed by atoms with van der Waals surface area (Å²) >= 11 is 0. The van der Waals surface area contributed by atoms with Gasteiger partial charge in [0.25, 0.3) is 0 Å². The van der Waals surface area contributed by atoms with Gasteiger partial charge in [-0.2, -0.15) is 0 Å². The highest BCUT2D eigenvalue weighted by Crippen LogP contribution is 2.04. The van der Waals surface area contributed by atoms with E-state index in [4.69, 9.17) is 9.47 Å². The van der Waals surface area contributed by atoms with Gasteiger partial charge in [-0.05, 0) is 0 Å². The molecular weight excluding hydrogens is 146 g/mol. The molecule has 1 aliphatic rings. The summed E-state index contributed by atoms with van der Waals surface area (Å²) in [6, 6.07) is 0. The SMILES string of the molecule is CC(=O)N(C)C1COCCO1. The second kappa shape index (κ2) is 3.69. The van der Waals surface area contributed by atoms with E-state index in [1.165, 1.54) is 6.92 Å². The van der Waals surface area contributed by atoms with E-state index < -0.39 is 0 Å². The molecule has 0 bridgehead atoms. The number of ether oxygens (including phenoxy) is 2. The van der Waals surface area contributed by atoms with Crippen LogP contribution in [-0.4, -0.2) is 43.9 Å². The van der Waals surface area contributed by atoms with E-state index in [1.54, 1.807) is 11.9 Å². The van der Waals surface area contributed by atoms with Crippen LogP contribution in [0.3, 0.4) is 0 Å². The van der Waals surface area contributed by atoms with Crippen molar-refractivity contribution in [3.63, 3.8) is 0 Å². The Morgan fingerprint density at radius 3 is 2.73 bits per heavy atom. The fourth-order valence-corrected chi connectivity index (χ4v) is 0.902. The molecule has 0 aromatic heterocycles. The molecule has 0 aromatic rings. The number of amides is 1. The van der Waals surface area contributed by atoms with Gasteiger partial charge in [-0.15, -0.1) is 0 Å². The molecule has 1 aliphatic heterocycles. The Labute approximate surface area is 66.1 Å². The lowest BCUT2D eigenvalue weighted by Crippen LogP contribution is -2.44. The lowest BCUT2D eigenvalue weighted by Gasteiger charge is -2.30. The number of hydrogen-bond acceptors (Lipinski definition) is 3. The summed E-state index contributed by atoms with van der Waals surface area (Å²) in [4.78, 5) is 12.4. The van der Waals surface area contributed by atoms with Crippen molar-refractivity contribution in [2.75, 3.05) is 26.9 Å². The first kappa shape index (κ1) is 8.49. The van der Waals surface area contributed by atoms with Crippen molar-refractivity contribution in [3.05, 3.63) is 0 Å². The van der Waals surface area contributed by atoms with Gasteiger partial charge in [0.15, 0.2) is 6.23 Å². The molecule has 1 amide bonds. The van der Waals surface area contributed by atoms with Crippen molar-refractivity contribution in [1.29, 1.82) is 0 Å². The van der Waals surface area contributed by atoms with Crippen molar-refractivity contribution in [2.45, 2.75) is 13.2 Å². The summed E-state index contributed by atoms with van der Waals surface area (Å²) in [5.41, 5.74) is 0. The molecule has 1 atom stereocenters. The molecule has 0 aliphatic carbocycles. The van der Waals surface area contributed by atoms with Crippen LogP contribution in [-0.2, 0) is 14.3 Å². The van der Waals surface area contributed by atoms with Crippen LogP contribution in [0.2, 0.25) is 0 Å². The summed E-state index contributed by atoms with van der Waals surface area (Å²) in [5.74, 6) is 0.000463. The standard InChI is InChI=1S/C7H13NO3/c1-6(9)8(2)7-5-10-3-4-11-7/h7H,3-5H2,1-2H3. The molecule has 4 nitrogen and oxygen atoms in total. The van der Waals surface area contributed by atoms with Crippen molar-refractivity contribution in [3.8, 4) is 0 Å². The van der Waals surface area contributed by atoms with Gasteiger partial charge in [-0.1, -0.05) is 0 Å². The van der Waals surface area contributed by atoms with Gasteiger partial charge >= 0.3 is 0 Å². The number of nitrogens with zero attached hydrogens (tertiary/aromatic N) is 1. The van der Waals surface area contributed by atoms with E-state index in [2.05, 4.69) is 0 Å². The van der Waals surface area contributed by atoms with E-state index in [0.29, 0.717) is 19.8 Å². The maximum Gasteiger partial charge on any atom is 0.221 e. The average molecular weight is 159 g/mol. The van der Waals surface area contributed by atoms with Gasteiger partial charge in [0.2, 0.25) is 5.91 Å². The molecule has 11 heavy (non-hydrogen) atoms. The van der Waals surface area contributed by atoms with E-state index >= 15 is 0 Å². The molecule has 1 rings (SSSR count). The second-order valence-corrected chi connectivity index (χ2v) is 2.53. The van der Waals surface area contributed by atoms with E-state index in [1.807, 2.05) is 0 Å². The maximum absolute atomic E-state index is 10.8. The van der Waals surface area contributed by atoms with Crippen LogP contribution in [0.4, 0.5) is 0 Å². The molecule has 1 saturated heterocycles. The highest BCUT2D eigenvalue weighted by Gasteiger charge is 2.20. The van der Waals surface area contributed by atoms with Crippen molar-refractivity contribution in [1.82, 2.24) is 4.90 Å². The quantitative estimate of drug-likeness (QED) is 0.533. The molecular formula is C7H13NO3. The zero-order valence-corrected chi connectivity index (χ0v) is 6.87. The van der Waals surface area contributed by atoms with Crippen molar-refractivity contribution in [2.24, 2.45) is 0 Å². The summed E-state index contributed by atoms with van der Waals surface area (Å²) in [6.07, 6.45) is -0.193. The van der Waals surface area contributed by atoms with Gasteiger partial charge in [-0.3, -0.25) is 4.79 Å². The number of likely N-dealkylation sites (N-methyl/N-ethyl adjacent to an activating group) is 1. The van der Waals surface area contributed by atoms with Crippen LogP contribution < -0.4 is 0 Å². The molecule has 1 unspecified atom stereocenters. The monoisotopic (exact) mass is 159 g/mol. The first-order valence-corrected chi connectivity index (χ1v) is 3.64. The molecule has 1 heterocycles. The molecule has 0 aromatic carbocycles. The number of carbonyl (C=O) groups excluding carboxylic acids is 1. The second-order valence-electron chi connectivity index (χ2n) is 2.53. The van der Waals surface area contributed by atoms with Crippen molar-refractivity contribution >= 4 is 5.91 Å². The predicted molar refractivity (Wildman–Crippen MR) is 39.0 cm³/mol. The predicted octanol–water partition coefficient (Wildman–Crippen LogP) is -0.162. The third kappa shape index (κ3) is 2.17. The maximum atomic E-state index is 10.8. The van der Waals surface area contributed by atoms with Crippen LogP contribution in [0.15, 0.2) is 0 Å². The van der Waals surface area contributed by atoms with Gasteiger partial charge < -0.3 is 14.4 Å². The number of rotatable bonds is 1. The average Bonchev–Trinajstić information content (AvgIpc) is 2.05. The van der Waals surface area contributed by atoms with Gasteiger partial charge in [0.1, 0.15) is 0 Å². The fraction of sp³-hybridized carbons (Fsp3) is 0.857. The summed E-state index contributed by atoms with van der Waals surface area (Å²) in [7, 11) is 1.71. The Morgan fingerprint density at radius 2 is 2.27 bits per heavy atom. The number of carbonyl (C=O) groups is 1. The van der Waals surface area contributed by atoms with E-state index in [-0.39, 0.29) is 12.1 Å². The Morgan fingerprint density at radius 1 is 1.55 bits per heavy atom. The Balaban J connectivity index is 2.38. The lowest BCUT2D eigenvalue weighted by atomic mass is 10.4. The molecule has 0 spiro atoms. The van der Waals surface area contributed by atoms with Crippen LogP contribution >= 0.6 is 0 Å². The van der Waals surface area contributed by atoms with Crippen molar-refractivity contribution < 1.29 is 14.3 Å². The molecule has 4 heteroatoms. The van der Waals surface area contributed by atoms with Crippen LogP contribution in [0.25, 0.3) is 0 Å². The lowest BCUT2D eigenvalue weighted by molar-refractivity contribution is -0.166. The smallest absolute Gasteiger partial charge is 0.221 e. The van der Waals surface area contributed by atoms with Gasteiger partial charge in [0.05, 0.1) is 19.8 Å². The topological polar surface area (TPSA) is 38.8 Å². The third-order valence-corrected chi connectivity index (χ3v) is 1.73. The summed E-state index contributed by atoms with van der Waals surface area (Å²) in [5, 5.41) is 0. The largest absolute Gasteiger partial charge is 0.374 e. The summed E-state index contributed by atoms with van der Waals surface area (Å²) in [6.45, 7) is 3.19. The van der Waals surface area contributed by atoms with Gasteiger partial charge in [0, 0.05) is 14.0 Å². The first-order chi connectivity index (χ1) is 5.22. The zero-order chi connectivity index (χ0) is 8.27.